The fourth-order valence-corrected chi connectivity index (χ4v) is 1.61. The second kappa shape index (κ2) is 3.80. The summed E-state index contributed by atoms with van der Waals surface area (Å²) in [7, 11) is 0. The minimum absolute atomic E-state index is 0.378. The lowest BCUT2D eigenvalue weighted by molar-refractivity contribution is 0.0572. The lowest BCUT2D eigenvalue weighted by Crippen LogP contribution is -2.23. The standard InChI is InChI=1S/C8H10BrN3O2/c9-5-1-10-8(11-2-5)12-3-6(13)7(14)4-12/h1-2,6-7,13-14H,3-4H2. The van der Waals surface area contributed by atoms with Crippen LogP contribution in [0.1, 0.15) is 0 Å². The summed E-state index contributed by atoms with van der Waals surface area (Å²) >= 11 is 3.24. The highest BCUT2D eigenvalue weighted by atomic mass is 79.9. The van der Waals surface area contributed by atoms with Gasteiger partial charge in [-0.05, 0) is 15.9 Å². The summed E-state index contributed by atoms with van der Waals surface area (Å²) in [6.07, 6.45) is 1.86. The maximum Gasteiger partial charge on any atom is 0.225 e. The van der Waals surface area contributed by atoms with Crippen LogP contribution < -0.4 is 4.90 Å². The lowest BCUT2D eigenvalue weighted by atomic mass is 10.3. The Morgan fingerprint density at radius 1 is 1.21 bits per heavy atom. The smallest absolute Gasteiger partial charge is 0.225 e. The predicted molar refractivity (Wildman–Crippen MR) is 54.0 cm³/mol. The third-order valence-electron chi connectivity index (χ3n) is 2.15. The maximum absolute atomic E-state index is 9.33. The molecule has 14 heavy (non-hydrogen) atoms. The molecule has 0 bridgehead atoms. The van der Waals surface area contributed by atoms with Crippen LogP contribution in [0, 0.1) is 0 Å². The number of β-amino-alcohol motifs (C(OH)–C–C–N with tert-alkyl or cyclic N) is 2. The first-order chi connectivity index (χ1) is 6.66. The van der Waals surface area contributed by atoms with Gasteiger partial charge in [0.05, 0.1) is 16.7 Å². The molecule has 2 unspecified atom stereocenters. The molecular formula is C8H10BrN3O2. The topological polar surface area (TPSA) is 69.5 Å². The van der Waals surface area contributed by atoms with Gasteiger partial charge in [0, 0.05) is 25.5 Å². The Morgan fingerprint density at radius 2 is 1.71 bits per heavy atom. The molecule has 1 aliphatic heterocycles. The van der Waals surface area contributed by atoms with Crippen molar-refractivity contribution in [1.29, 1.82) is 0 Å². The molecule has 76 valence electrons. The first kappa shape index (κ1) is 9.82. The second-order valence-corrected chi connectivity index (χ2v) is 4.16. The molecule has 0 aromatic carbocycles. The molecule has 0 saturated carbocycles. The van der Waals surface area contributed by atoms with Gasteiger partial charge in [-0.15, -0.1) is 0 Å². The Balaban J connectivity index is 2.13. The van der Waals surface area contributed by atoms with Crippen LogP contribution in [0.3, 0.4) is 0 Å². The number of hydrogen-bond acceptors (Lipinski definition) is 5. The molecule has 0 spiro atoms. The SMILES string of the molecule is OC1CN(c2ncc(Br)cn2)CC1O. The highest BCUT2D eigenvalue weighted by Crippen LogP contribution is 2.17. The third-order valence-corrected chi connectivity index (χ3v) is 2.56. The van der Waals surface area contributed by atoms with E-state index < -0.39 is 12.2 Å². The van der Waals surface area contributed by atoms with Gasteiger partial charge in [0.15, 0.2) is 0 Å². The predicted octanol–water partition coefficient (Wildman–Crippen LogP) is -0.219. The molecule has 6 heteroatoms. The third kappa shape index (κ3) is 1.87. The Bertz CT molecular complexity index is 309. The zero-order valence-electron chi connectivity index (χ0n) is 7.34. The minimum atomic E-state index is -0.706. The Kier molecular flexibility index (Phi) is 2.66. The molecule has 1 fully saturated rings. The average Bonchev–Trinajstić information content (AvgIpc) is 2.48. The van der Waals surface area contributed by atoms with Crippen molar-refractivity contribution >= 4 is 21.9 Å². The van der Waals surface area contributed by atoms with Crippen molar-refractivity contribution in [2.45, 2.75) is 12.2 Å². The number of aliphatic hydroxyl groups excluding tert-OH is 2. The molecule has 0 aliphatic carbocycles. The number of aromatic nitrogens is 2. The van der Waals surface area contributed by atoms with Gasteiger partial charge in [-0.2, -0.15) is 0 Å². The lowest BCUT2D eigenvalue weighted by Gasteiger charge is -2.14. The molecule has 1 saturated heterocycles. The van der Waals surface area contributed by atoms with E-state index in [1.807, 2.05) is 0 Å². The van der Waals surface area contributed by atoms with Crippen LogP contribution in [0.5, 0.6) is 0 Å². The van der Waals surface area contributed by atoms with E-state index in [9.17, 15) is 10.2 Å². The number of hydrogen-bond donors (Lipinski definition) is 2. The van der Waals surface area contributed by atoms with Gasteiger partial charge in [-0.3, -0.25) is 0 Å². The fraction of sp³-hybridized carbons (Fsp3) is 0.500. The average molecular weight is 260 g/mol. The second-order valence-electron chi connectivity index (χ2n) is 3.24. The molecular weight excluding hydrogens is 250 g/mol. The van der Waals surface area contributed by atoms with Gasteiger partial charge >= 0.3 is 0 Å². The quantitative estimate of drug-likeness (QED) is 0.730. The molecule has 0 radical (unpaired) electrons. The van der Waals surface area contributed by atoms with E-state index in [0.717, 1.165) is 4.47 Å². The molecule has 1 aromatic heterocycles. The highest BCUT2D eigenvalue weighted by molar-refractivity contribution is 9.10. The van der Waals surface area contributed by atoms with Gasteiger partial charge in [0.1, 0.15) is 0 Å². The first-order valence-corrected chi connectivity index (χ1v) is 5.05. The van der Waals surface area contributed by atoms with E-state index in [4.69, 9.17) is 0 Å². The van der Waals surface area contributed by atoms with Crippen LogP contribution in [-0.4, -0.2) is 45.5 Å². The molecule has 5 nitrogen and oxygen atoms in total. The zero-order valence-corrected chi connectivity index (χ0v) is 8.92. The van der Waals surface area contributed by atoms with Crippen LogP contribution in [0.2, 0.25) is 0 Å². The summed E-state index contributed by atoms with van der Waals surface area (Å²) in [5, 5.41) is 18.7. The summed E-state index contributed by atoms with van der Waals surface area (Å²) in [4.78, 5) is 9.90. The van der Waals surface area contributed by atoms with E-state index in [2.05, 4.69) is 25.9 Å². The van der Waals surface area contributed by atoms with Gasteiger partial charge < -0.3 is 15.1 Å². The number of nitrogens with zero attached hydrogens (tertiary/aromatic N) is 3. The highest BCUT2D eigenvalue weighted by Gasteiger charge is 2.30. The summed E-state index contributed by atoms with van der Waals surface area (Å²) in [5.41, 5.74) is 0. The van der Waals surface area contributed by atoms with Gasteiger partial charge in [0.25, 0.3) is 0 Å². The molecule has 2 rings (SSSR count). The van der Waals surface area contributed by atoms with Crippen LogP contribution >= 0.6 is 15.9 Å². The van der Waals surface area contributed by atoms with Crippen molar-refractivity contribution in [3.05, 3.63) is 16.9 Å². The van der Waals surface area contributed by atoms with Crippen LogP contribution in [0.15, 0.2) is 16.9 Å². The minimum Gasteiger partial charge on any atom is -0.388 e. The van der Waals surface area contributed by atoms with Crippen molar-refractivity contribution in [3.8, 4) is 0 Å². The van der Waals surface area contributed by atoms with Crippen LogP contribution in [0.4, 0.5) is 5.95 Å². The first-order valence-electron chi connectivity index (χ1n) is 4.25. The van der Waals surface area contributed by atoms with E-state index >= 15 is 0 Å². The van der Waals surface area contributed by atoms with Gasteiger partial charge in [-0.1, -0.05) is 0 Å². The van der Waals surface area contributed by atoms with E-state index in [1.54, 1.807) is 17.3 Å². The van der Waals surface area contributed by atoms with Gasteiger partial charge in [0.2, 0.25) is 5.95 Å². The Morgan fingerprint density at radius 3 is 2.21 bits per heavy atom. The van der Waals surface area contributed by atoms with E-state index in [1.165, 1.54) is 0 Å². The molecule has 2 atom stereocenters. The fourth-order valence-electron chi connectivity index (χ4n) is 1.40. The Hall–Kier alpha value is -0.720. The van der Waals surface area contributed by atoms with Crippen molar-refractivity contribution < 1.29 is 10.2 Å². The van der Waals surface area contributed by atoms with Crippen molar-refractivity contribution in [3.63, 3.8) is 0 Å². The molecule has 0 amide bonds. The number of aliphatic hydroxyl groups is 2. The van der Waals surface area contributed by atoms with Crippen molar-refractivity contribution in [2.75, 3.05) is 18.0 Å². The molecule has 1 aromatic rings. The van der Waals surface area contributed by atoms with E-state index in [0.29, 0.717) is 19.0 Å². The summed E-state index contributed by atoms with van der Waals surface area (Å²) in [6, 6.07) is 0. The molecule has 2 heterocycles. The normalized spacial score (nSPS) is 26.9. The van der Waals surface area contributed by atoms with Crippen LogP contribution in [-0.2, 0) is 0 Å². The largest absolute Gasteiger partial charge is 0.388 e. The summed E-state index contributed by atoms with van der Waals surface area (Å²) < 4.78 is 0.807. The number of rotatable bonds is 1. The summed E-state index contributed by atoms with van der Waals surface area (Å²) in [5.74, 6) is 0.531. The van der Waals surface area contributed by atoms with Crippen molar-refractivity contribution in [2.24, 2.45) is 0 Å². The van der Waals surface area contributed by atoms with Gasteiger partial charge in [-0.25, -0.2) is 9.97 Å². The van der Waals surface area contributed by atoms with E-state index in [-0.39, 0.29) is 0 Å². The maximum atomic E-state index is 9.33. The van der Waals surface area contributed by atoms with Crippen LogP contribution in [0.25, 0.3) is 0 Å². The Labute approximate surface area is 89.5 Å². The number of halogens is 1. The number of anilines is 1. The zero-order chi connectivity index (χ0) is 10.1. The van der Waals surface area contributed by atoms with Crippen molar-refractivity contribution in [1.82, 2.24) is 9.97 Å². The summed E-state index contributed by atoms with van der Waals surface area (Å²) in [6.45, 7) is 0.756. The molecule has 2 N–H and O–H groups in total. The molecule has 1 aliphatic rings. The monoisotopic (exact) mass is 259 g/mol.